The molecule has 1 aromatic carbocycles. The molecule has 0 unspecified atom stereocenters. The number of benzene rings is 1. The van der Waals surface area contributed by atoms with E-state index < -0.39 is 0 Å². The molecule has 1 aliphatic heterocycles. The number of hydrogen-bond donors (Lipinski definition) is 0. The van der Waals surface area contributed by atoms with E-state index in [9.17, 15) is 4.79 Å². The van der Waals surface area contributed by atoms with E-state index in [0.29, 0.717) is 6.61 Å². The summed E-state index contributed by atoms with van der Waals surface area (Å²) in [6.07, 6.45) is 9.81. The zero-order valence-electron chi connectivity index (χ0n) is 14.2. The van der Waals surface area contributed by atoms with Crippen molar-refractivity contribution in [1.29, 1.82) is 0 Å². The number of unbranched alkanes of at least 4 members (excludes halogenated alkanes) is 4. The summed E-state index contributed by atoms with van der Waals surface area (Å²) in [4.78, 5) is 14.2. The van der Waals surface area contributed by atoms with Gasteiger partial charge in [-0.3, -0.25) is 4.90 Å². The molecule has 3 nitrogen and oxygen atoms in total. The SMILES string of the molecule is C=CC[C@H](CCCCCCC)N1C(=O)OC[C@H]1c1ccccc1. The summed E-state index contributed by atoms with van der Waals surface area (Å²) >= 11 is 0. The molecule has 0 saturated carbocycles. The number of nitrogens with zero attached hydrogens (tertiary/aromatic N) is 1. The number of carbonyl (C=O) groups excluding carboxylic acids is 1. The van der Waals surface area contributed by atoms with Crippen LogP contribution in [0.2, 0.25) is 0 Å². The molecule has 0 bridgehead atoms. The van der Waals surface area contributed by atoms with Crippen LogP contribution in [0.25, 0.3) is 0 Å². The highest BCUT2D eigenvalue weighted by Crippen LogP contribution is 2.32. The van der Waals surface area contributed by atoms with Gasteiger partial charge in [0.1, 0.15) is 6.61 Å². The third kappa shape index (κ3) is 4.85. The first-order valence-electron chi connectivity index (χ1n) is 8.88. The predicted octanol–water partition coefficient (Wildman–Crippen LogP) is 5.49. The smallest absolute Gasteiger partial charge is 0.410 e. The molecule has 0 aromatic heterocycles. The van der Waals surface area contributed by atoms with Gasteiger partial charge in [-0.05, 0) is 18.4 Å². The van der Waals surface area contributed by atoms with Crippen LogP contribution in [0.5, 0.6) is 0 Å². The Morgan fingerprint density at radius 1 is 1.26 bits per heavy atom. The highest BCUT2D eigenvalue weighted by molar-refractivity contribution is 5.71. The van der Waals surface area contributed by atoms with Crippen molar-refractivity contribution in [2.24, 2.45) is 0 Å². The summed E-state index contributed by atoms with van der Waals surface area (Å²) in [6, 6.07) is 10.4. The molecule has 126 valence electrons. The van der Waals surface area contributed by atoms with E-state index in [1.54, 1.807) is 0 Å². The molecule has 1 saturated heterocycles. The van der Waals surface area contributed by atoms with Crippen molar-refractivity contribution in [2.45, 2.75) is 64.0 Å². The monoisotopic (exact) mass is 315 g/mol. The number of carbonyl (C=O) groups is 1. The standard InChI is InChI=1S/C20H29NO2/c1-3-5-6-7-11-15-18(12-4-2)21-19(16-23-20(21)22)17-13-9-8-10-14-17/h4,8-10,13-14,18-19H,2-3,5-7,11-12,15-16H2,1H3/t18-,19+/m1/s1. The quantitative estimate of drug-likeness (QED) is 0.422. The third-order valence-corrected chi connectivity index (χ3v) is 4.57. The normalized spacial score (nSPS) is 18.7. The largest absolute Gasteiger partial charge is 0.447 e. The van der Waals surface area contributed by atoms with Crippen molar-refractivity contribution in [3.8, 4) is 0 Å². The van der Waals surface area contributed by atoms with E-state index in [2.05, 4.69) is 25.6 Å². The Kier molecular flexibility index (Phi) is 7.18. The first kappa shape index (κ1) is 17.6. The lowest BCUT2D eigenvalue weighted by Gasteiger charge is -2.30. The minimum Gasteiger partial charge on any atom is -0.447 e. The molecule has 2 rings (SSSR count). The minimum absolute atomic E-state index is 0.0318. The lowest BCUT2D eigenvalue weighted by molar-refractivity contribution is 0.141. The summed E-state index contributed by atoms with van der Waals surface area (Å²) in [5.74, 6) is 0. The molecule has 1 aliphatic rings. The van der Waals surface area contributed by atoms with E-state index in [1.807, 2.05) is 29.2 Å². The van der Waals surface area contributed by atoms with Gasteiger partial charge in [0.25, 0.3) is 0 Å². The van der Waals surface area contributed by atoms with Crippen LogP contribution in [-0.4, -0.2) is 23.6 Å². The Morgan fingerprint density at radius 3 is 2.70 bits per heavy atom. The molecule has 0 radical (unpaired) electrons. The maximum absolute atomic E-state index is 12.3. The predicted molar refractivity (Wildman–Crippen MR) is 94.3 cm³/mol. The van der Waals surface area contributed by atoms with Gasteiger partial charge in [0.15, 0.2) is 0 Å². The lowest BCUT2D eigenvalue weighted by Crippen LogP contribution is -2.37. The van der Waals surface area contributed by atoms with Crippen molar-refractivity contribution in [3.05, 3.63) is 48.6 Å². The number of cyclic esters (lactones) is 1. The van der Waals surface area contributed by atoms with Gasteiger partial charge < -0.3 is 4.74 Å². The Hall–Kier alpha value is -1.77. The molecule has 23 heavy (non-hydrogen) atoms. The second kappa shape index (κ2) is 9.39. The van der Waals surface area contributed by atoms with E-state index >= 15 is 0 Å². The molecule has 1 amide bonds. The zero-order chi connectivity index (χ0) is 16.5. The summed E-state index contributed by atoms with van der Waals surface area (Å²) in [7, 11) is 0. The molecule has 2 atom stereocenters. The highest BCUT2D eigenvalue weighted by Gasteiger charge is 2.38. The van der Waals surface area contributed by atoms with E-state index in [4.69, 9.17) is 4.74 Å². The molecular weight excluding hydrogens is 286 g/mol. The molecule has 1 fully saturated rings. The maximum Gasteiger partial charge on any atom is 0.410 e. The highest BCUT2D eigenvalue weighted by atomic mass is 16.6. The molecule has 0 aliphatic carbocycles. The average molecular weight is 315 g/mol. The van der Waals surface area contributed by atoms with Gasteiger partial charge >= 0.3 is 6.09 Å². The molecule has 0 N–H and O–H groups in total. The van der Waals surface area contributed by atoms with Gasteiger partial charge in [0, 0.05) is 6.04 Å². The van der Waals surface area contributed by atoms with Crippen LogP contribution < -0.4 is 0 Å². The fourth-order valence-electron chi connectivity index (χ4n) is 3.31. The topological polar surface area (TPSA) is 29.5 Å². The Labute approximate surface area is 140 Å². The first-order chi connectivity index (χ1) is 11.3. The second-order valence-electron chi connectivity index (χ2n) is 6.29. The molecule has 3 heteroatoms. The van der Waals surface area contributed by atoms with Crippen molar-refractivity contribution in [2.75, 3.05) is 6.61 Å². The average Bonchev–Trinajstić information content (AvgIpc) is 2.96. The minimum atomic E-state index is -0.181. The van der Waals surface area contributed by atoms with Crippen molar-refractivity contribution < 1.29 is 9.53 Å². The fraction of sp³-hybridized carbons (Fsp3) is 0.550. The van der Waals surface area contributed by atoms with Gasteiger partial charge in [0.05, 0.1) is 6.04 Å². The summed E-state index contributed by atoms with van der Waals surface area (Å²) in [5, 5.41) is 0. The van der Waals surface area contributed by atoms with Crippen LogP contribution in [0.1, 0.15) is 63.5 Å². The van der Waals surface area contributed by atoms with Crippen LogP contribution in [0.15, 0.2) is 43.0 Å². The number of rotatable bonds is 10. The summed E-state index contributed by atoms with van der Waals surface area (Å²) in [5.41, 5.74) is 1.15. The maximum atomic E-state index is 12.3. The zero-order valence-corrected chi connectivity index (χ0v) is 14.2. The molecule has 0 spiro atoms. The van der Waals surface area contributed by atoms with Crippen LogP contribution in [-0.2, 0) is 4.74 Å². The fourth-order valence-corrected chi connectivity index (χ4v) is 3.31. The van der Waals surface area contributed by atoms with Crippen LogP contribution in [0.3, 0.4) is 0 Å². The van der Waals surface area contributed by atoms with E-state index in [0.717, 1.165) is 24.8 Å². The molecule has 1 aromatic rings. The third-order valence-electron chi connectivity index (χ3n) is 4.57. The van der Waals surface area contributed by atoms with Crippen molar-refractivity contribution in [3.63, 3.8) is 0 Å². The number of ether oxygens (including phenoxy) is 1. The second-order valence-corrected chi connectivity index (χ2v) is 6.29. The summed E-state index contributed by atoms with van der Waals surface area (Å²) < 4.78 is 5.36. The Morgan fingerprint density at radius 2 is 2.00 bits per heavy atom. The van der Waals surface area contributed by atoms with E-state index in [1.165, 1.54) is 25.7 Å². The van der Waals surface area contributed by atoms with Crippen molar-refractivity contribution >= 4 is 6.09 Å². The lowest BCUT2D eigenvalue weighted by atomic mass is 9.99. The number of hydrogen-bond acceptors (Lipinski definition) is 2. The first-order valence-corrected chi connectivity index (χ1v) is 8.88. The van der Waals surface area contributed by atoms with Crippen molar-refractivity contribution in [1.82, 2.24) is 4.90 Å². The number of amides is 1. The Balaban J connectivity index is 2.02. The molecular formula is C20H29NO2. The van der Waals surface area contributed by atoms with E-state index in [-0.39, 0.29) is 18.2 Å². The van der Waals surface area contributed by atoms with Crippen LogP contribution in [0.4, 0.5) is 4.79 Å². The van der Waals surface area contributed by atoms with Gasteiger partial charge in [-0.15, -0.1) is 6.58 Å². The van der Waals surface area contributed by atoms with Crippen LogP contribution >= 0.6 is 0 Å². The van der Waals surface area contributed by atoms with Gasteiger partial charge in [-0.25, -0.2) is 4.79 Å². The molecule has 1 heterocycles. The Bertz CT molecular complexity index is 486. The van der Waals surface area contributed by atoms with Crippen LogP contribution in [0, 0.1) is 0 Å². The summed E-state index contributed by atoms with van der Waals surface area (Å²) in [6.45, 7) is 6.55. The van der Waals surface area contributed by atoms with Gasteiger partial charge in [-0.2, -0.15) is 0 Å². The van der Waals surface area contributed by atoms with Gasteiger partial charge in [-0.1, -0.05) is 75.4 Å². The van der Waals surface area contributed by atoms with Gasteiger partial charge in [0.2, 0.25) is 0 Å².